The Labute approximate surface area is 165 Å². The SMILES string of the molecule is CC(C)c1ccc(NC(=O)Nc2ccc(N3CCN(C(=O)O)CC3)cc2)cc1. The lowest BCUT2D eigenvalue weighted by Crippen LogP contribution is -2.48. The standard InChI is InChI=1S/C21H26N4O3/c1-15(2)16-3-5-17(6-4-16)22-20(26)23-18-7-9-19(10-8-18)24-11-13-25(14-12-24)21(27)28/h3-10,15H,11-14H2,1-2H3,(H,27,28)(H2,22,23,26). The van der Waals surface area contributed by atoms with Crippen molar-refractivity contribution < 1.29 is 14.7 Å². The molecule has 1 saturated heterocycles. The highest BCUT2D eigenvalue weighted by atomic mass is 16.4. The molecule has 2 aromatic carbocycles. The van der Waals surface area contributed by atoms with Crippen LogP contribution in [0.2, 0.25) is 0 Å². The molecule has 1 aliphatic rings. The van der Waals surface area contributed by atoms with E-state index in [0.717, 1.165) is 11.4 Å². The maximum absolute atomic E-state index is 12.2. The van der Waals surface area contributed by atoms with Gasteiger partial charge in [-0.25, -0.2) is 9.59 Å². The van der Waals surface area contributed by atoms with Gasteiger partial charge in [-0.3, -0.25) is 0 Å². The molecule has 0 aliphatic carbocycles. The number of urea groups is 1. The molecule has 1 aliphatic heterocycles. The van der Waals surface area contributed by atoms with Gasteiger partial charge in [-0.1, -0.05) is 26.0 Å². The van der Waals surface area contributed by atoms with Crippen LogP contribution in [0.15, 0.2) is 48.5 Å². The summed E-state index contributed by atoms with van der Waals surface area (Å²) in [5.74, 6) is 0.452. The van der Waals surface area contributed by atoms with Crippen LogP contribution in [0.4, 0.5) is 26.7 Å². The molecule has 2 aromatic rings. The summed E-state index contributed by atoms with van der Waals surface area (Å²) in [5.41, 5.74) is 3.69. The summed E-state index contributed by atoms with van der Waals surface area (Å²) < 4.78 is 0. The van der Waals surface area contributed by atoms with Crippen molar-refractivity contribution in [2.24, 2.45) is 0 Å². The highest BCUT2D eigenvalue weighted by molar-refractivity contribution is 5.99. The number of nitrogens with one attached hydrogen (secondary N) is 2. The third-order valence-corrected chi connectivity index (χ3v) is 4.88. The van der Waals surface area contributed by atoms with Crippen LogP contribution in [0, 0.1) is 0 Å². The van der Waals surface area contributed by atoms with Gasteiger partial charge in [-0.2, -0.15) is 0 Å². The smallest absolute Gasteiger partial charge is 0.407 e. The lowest BCUT2D eigenvalue weighted by Gasteiger charge is -2.34. The number of hydrogen-bond donors (Lipinski definition) is 3. The topological polar surface area (TPSA) is 84.9 Å². The predicted octanol–water partition coefficient (Wildman–Crippen LogP) is 4.25. The monoisotopic (exact) mass is 382 g/mol. The van der Waals surface area contributed by atoms with E-state index in [9.17, 15) is 9.59 Å². The molecule has 0 unspecified atom stereocenters. The first kappa shape index (κ1) is 19.5. The minimum atomic E-state index is -0.871. The van der Waals surface area contributed by atoms with Crippen LogP contribution in [-0.4, -0.2) is 48.3 Å². The lowest BCUT2D eigenvalue weighted by molar-refractivity contribution is 0.142. The fourth-order valence-electron chi connectivity index (χ4n) is 3.16. The van der Waals surface area contributed by atoms with Gasteiger partial charge in [-0.15, -0.1) is 0 Å². The van der Waals surface area contributed by atoms with E-state index in [2.05, 4.69) is 29.4 Å². The summed E-state index contributed by atoms with van der Waals surface area (Å²) in [6.07, 6.45) is -0.871. The predicted molar refractivity (Wildman–Crippen MR) is 111 cm³/mol. The molecule has 7 nitrogen and oxygen atoms in total. The van der Waals surface area contributed by atoms with Gasteiger partial charge >= 0.3 is 12.1 Å². The molecule has 1 fully saturated rings. The zero-order chi connectivity index (χ0) is 20.1. The minimum absolute atomic E-state index is 0.292. The Balaban J connectivity index is 1.52. The normalized spacial score (nSPS) is 14.1. The molecule has 7 heteroatoms. The fraction of sp³-hybridized carbons (Fsp3) is 0.333. The van der Waals surface area contributed by atoms with Crippen LogP contribution in [0.3, 0.4) is 0 Å². The number of hydrogen-bond acceptors (Lipinski definition) is 3. The van der Waals surface area contributed by atoms with Crippen LogP contribution in [0.5, 0.6) is 0 Å². The highest BCUT2D eigenvalue weighted by Gasteiger charge is 2.20. The third kappa shape index (κ3) is 4.94. The third-order valence-electron chi connectivity index (χ3n) is 4.88. The summed E-state index contributed by atoms with van der Waals surface area (Å²) in [4.78, 5) is 26.7. The molecule has 0 aromatic heterocycles. The van der Waals surface area contributed by atoms with Gasteiger partial charge in [0, 0.05) is 43.2 Å². The average molecular weight is 382 g/mol. The molecule has 28 heavy (non-hydrogen) atoms. The van der Waals surface area contributed by atoms with Gasteiger partial charge in [0.15, 0.2) is 0 Å². The van der Waals surface area contributed by atoms with Gasteiger partial charge in [0.1, 0.15) is 0 Å². The Kier molecular flexibility index (Phi) is 6.03. The van der Waals surface area contributed by atoms with Crippen molar-refractivity contribution in [1.82, 2.24) is 4.90 Å². The van der Waals surface area contributed by atoms with Gasteiger partial charge in [0.25, 0.3) is 0 Å². The number of carbonyl (C=O) groups is 2. The molecular formula is C21H26N4O3. The lowest BCUT2D eigenvalue weighted by atomic mass is 10.0. The fourth-order valence-corrected chi connectivity index (χ4v) is 3.16. The van der Waals surface area contributed by atoms with E-state index in [4.69, 9.17) is 5.11 Å². The number of carbonyl (C=O) groups excluding carboxylic acids is 1. The van der Waals surface area contributed by atoms with Gasteiger partial charge in [0.2, 0.25) is 0 Å². The zero-order valence-electron chi connectivity index (χ0n) is 16.2. The van der Waals surface area contributed by atoms with Crippen molar-refractivity contribution in [3.63, 3.8) is 0 Å². The zero-order valence-corrected chi connectivity index (χ0v) is 16.2. The van der Waals surface area contributed by atoms with E-state index in [1.807, 2.05) is 48.5 Å². The molecular weight excluding hydrogens is 356 g/mol. The molecule has 3 N–H and O–H groups in total. The first-order valence-corrected chi connectivity index (χ1v) is 9.43. The molecule has 0 bridgehead atoms. The Morgan fingerprint density at radius 2 is 1.36 bits per heavy atom. The number of nitrogens with zero attached hydrogens (tertiary/aromatic N) is 2. The number of carboxylic acid groups (broad SMARTS) is 1. The molecule has 3 rings (SSSR count). The Morgan fingerprint density at radius 1 is 0.857 bits per heavy atom. The second-order valence-corrected chi connectivity index (χ2v) is 7.16. The van der Waals surface area contributed by atoms with E-state index in [1.54, 1.807) is 0 Å². The Morgan fingerprint density at radius 3 is 1.82 bits per heavy atom. The van der Waals surface area contributed by atoms with Crippen molar-refractivity contribution in [1.29, 1.82) is 0 Å². The largest absolute Gasteiger partial charge is 0.465 e. The Hall–Kier alpha value is -3.22. The summed E-state index contributed by atoms with van der Waals surface area (Å²) in [6.45, 7) is 6.56. The molecule has 3 amide bonds. The number of amides is 3. The van der Waals surface area contributed by atoms with E-state index < -0.39 is 6.09 Å². The molecule has 0 atom stereocenters. The van der Waals surface area contributed by atoms with E-state index in [1.165, 1.54) is 10.5 Å². The summed E-state index contributed by atoms with van der Waals surface area (Å²) in [7, 11) is 0. The Bertz CT molecular complexity index is 811. The molecule has 148 valence electrons. The second-order valence-electron chi connectivity index (χ2n) is 7.16. The van der Waals surface area contributed by atoms with Crippen LogP contribution in [0.1, 0.15) is 25.3 Å². The van der Waals surface area contributed by atoms with Crippen molar-refractivity contribution in [2.75, 3.05) is 41.7 Å². The van der Waals surface area contributed by atoms with Crippen LogP contribution in [-0.2, 0) is 0 Å². The molecule has 0 radical (unpaired) electrons. The molecule has 1 heterocycles. The number of piperazine rings is 1. The van der Waals surface area contributed by atoms with Crippen LogP contribution >= 0.6 is 0 Å². The van der Waals surface area contributed by atoms with Crippen LogP contribution < -0.4 is 15.5 Å². The van der Waals surface area contributed by atoms with Crippen molar-refractivity contribution in [3.8, 4) is 0 Å². The maximum Gasteiger partial charge on any atom is 0.407 e. The van der Waals surface area contributed by atoms with Gasteiger partial charge < -0.3 is 25.5 Å². The maximum atomic E-state index is 12.2. The van der Waals surface area contributed by atoms with Gasteiger partial charge in [-0.05, 0) is 47.9 Å². The van der Waals surface area contributed by atoms with Crippen molar-refractivity contribution >= 4 is 29.2 Å². The van der Waals surface area contributed by atoms with E-state index >= 15 is 0 Å². The quantitative estimate of drug-likeness (QED) is 0.738. The van der Waals surface area contributed by atoms with Gasteiger partial charge in [0.05, 0.1) is 0 Å². The van der Waals surface area contributed by atoms with Crippen LogP contribution in [0.25, 0.3) is 0 Å². The first-order valence-electron chi connectivity index (χ1n) is 9.43. The summed E-state index contributed by atoms with van der Waals surface area (Å²) in [5, 5.41) is 14.7. The minimum Gasteiger partial charge on any atom is -0.465 e. The molecule has 0 spiro atoms. The van der Waals surface area contributed by atoms with E-state index in [-0.39, 0.29) is 6.03 Å². The second kappa shape index (κ2) is 8.65. The number of rotatable bonds is 4. The number of anilines is 3. The first-order chi connectivity index (χ1) is 13.4. The average Bonchev–Trinajstić information content (AvgIpc) is 2.69. The highest BCUT2D eigenvalue weighted by Crippen LogP contribution is 2.20. The summed E-state index contributed by atoms with van der Waals surface area (Å²) in [6, 6.07) is 15.1. The van der Waals surface area contributed by atoms with Crippen molar-refractivity contribution in [3.05, 3.63) is 54.1 Å². The number of benzene rings is 2. The van der Waals surface area contributed by atoms with Crippen molar-refractivity contribution in [2.45, 2.75) is 19.8 Å². The van der Waals surface area contributed by atoms with E-state index in [0.29, 0.717) is 37.8 Å². The molecule has 0 saturated carbocycles. The summed E-state index contributed by atoms with van der Waals surface area (Å²) >= 11 is 0.